The molecule has 0 spiro atoms. The molecule has 1 unspecified atom stereocenters. The second kappa shape index (κ2) is 7.60. The molecule has 1 fully saturated rings. The van der Waals surface area contributed by atoms with E-state index in [1.807, 2.05) is 12.4 Å². The fourth-order valence-electron chi connectivity index (χ4n) is 2.80. The molecule has 20 heavy (non-hydrogen) atoms. The van der Waals surface area contributed by atoms with Gasteiger partial charge in [0.25, 0.3) is 0 Å². The smallest absolute Gasteiger partial charge is 0.0397 e. The van der Waals surface area contributed by atoms with Crippen molar-refractivity contribution in [3.8, 4) is 0 Å². The Morgan fingerprint density at radius 3 is 2.55 bits per heavy atom. The molecule has 0 aliphatic carbocycles. The van der Waals surface area contributed by atoms with Crippen LogP contribution in [0.2, 0.25) is 0 Å². The zero-order valence-electron chi connectivity index (χ0n) is 13.0. The zero-order chi connectivity index (χ0) is 14.4. The summed E-state index contributed by atoms with van der Waals surface area (Å²) in [6.45, 7) is 5.74. The van der Waals surface area contributed by atoms with Gasteiger partial charge in [-0.1, -0.05) is 0 Å². The predicted molar refractivity (Wildman–Crippen MR) is 85.2 cm³/mol. The summed E-state index contributed by atoms with van der Waals surface area (Å²) in [5, 5.41) is 3.78. The molecule has 4 nitrogen and oxygen atoms in total. The van der Waals surface area contributed by atoms with Crippen molar-refractivity contribution in [2.45, 2.75) is 38.3 Å². The standard InChI is InChI=1S/C16H28N4/c1-14(6-11-19(2)3)18-15-7-12-20(13-8-15)16-4-9-17-10-5-16/h4-5,9-10,14-15,18H,6-8,11-13H2,1-3H3. The summed E-state index contributed by atoms with van der Waals surface area (Å²) in [6.07, 6.45) is 7.44. The molecular formula is C16H28N4. The van der Waals surface area contributed by atoms with E-state index in [1.54, 1.807) is 0 Å². The van der Waals surface area contributed by atoms with Gasteiger partial charge in [0.1, 0.15) is 0 Å². The molecule has 1 aromatic heterocycles. The third kappa shape index (κ3) is 4.76. The van der Waals surface area contributed by atoms with Crippen LogP contribution in [0.25, 0.3) is 0 Å². The number of pyridine rings is 1. The van der Waals surface area contributed by atoms with Gasteiger partial charge in [0.2, 0.25) is 0 Å². The molecule has 1 aromatic rings. The van der Waals surface area contributed by atoms with Crippen molar-refractivity contribution >= 4 is 5.69 Å². The molecule has 1 aliphatic rings. The number of nitrogens with one attached hydrogen (secondary N) is 1. The number of nitrogens with zero attached hydrogens (tertiary/aromatic N) is 3. The molecule has 0 bridgehead atoms. The molecule has 1 aliphatic heterocycles. The van der Waals surface area contributed by atoms with Crippen LogP contribution in [0.4, 0.5) is 5.69 Å². The molecular weight excluding hydrogens is 248 g/mol. The van der Waals surface area contributed by atoms with E-state index < -0.39 is 0 Å². The third-order valence-corrected chi connectivity index (χ3v) is 4.05. The molecule has 0 saturated carbocycles. The van der Waals surface area contributed by atoms with E-state index >= 15 is 0 Å². The first-order chi connectivity index (χ1) is 9.65. The predicted octanol–water partition coefficient (Wildman–Crippen LogP) is 1.98. The summed E-state index contributed by atoms with van der Waals surface area (Å²) < 4.78 is 0. The SMILES string of the molecule is CC(CCN(C)C)NC1CCN(c2ccncc2)CC1. The number of hydrogen-bond donors (Lipinski definition) is 1. The maximum atomic E-state index is 4.09. The van der Waals surface area contributed by atoms with Crippen LogP contribution in [0.5, 0.6) is 0 Å². The van der Waals surface area contributed by atoms with Crippen LogP contribution in [0.3, 0.4) is 0 Å². The van der Waals surface area contributed by atoms with Crippen molar-refractivity contribution < 1.29 is 0 Å². The van der Waals surface area contributed by atoms with E-state index in [0.29, 0.717) is 12.1 Å². The molecule has 1 saturated heterocycles. The first kappa shape index (κ1) is 15.3. The van der Waals surface area contributed by atoms with Gasteiger partial charge in [0, 0.05) is 43.3 Å². The maximum Gasteiger partial charge on any atom is 0.0397 e. The van der Waals surface area contributed by atoms with Gasteiger partial charge in [-0.3, -0.25) is 4.98 Å². The van der Waals surface area contributed by atoms with Gasteiger partial charge in [-0.05, 0) is 59.0 Å². The lowest BCUT2D eigenvalue weighted by molar-refractivity contribution is 0.327. The molecule has 2 rings (SSSR count). The van der Waals surface area contributed by atoms with Gasteiger partial charge in [-0.2, -0.15) is 0 Å². The fraction of sp³-hybridized carbons (Fsp3) is 0.688. The molecule has 112 valence electrons. The fourth-order valence-corrected chi connectivity index (χ4v) is 2.80. The van der Waals surface area contributed by atoms with Crippen LogP contribution < -0.4 is 10.2 Å². The van der Waals surface area contributed by atoms with Gasteiger partial charge >= 0.3 is 0 Å². The number of piperidine rings is 1. The number of aromatic nitrogens is 1. The molecule has 4 heteroatoms. The number of anilines is 1. The Balaban J connectivity index is 1.71. The van der Waals surface area contributed by atoms with Crippen molar-refractivity contribution in [3.63, 3.8) is 0 Å². The van der Waals surface area contributed by atoms with Crippen LogP contribution in [-0.2, 0) is 0 Å². The first-order valence-corrected chi connectivity index (χ1v) is 7.71. The minimum absolute atomic E-state index is 0.606. The topological polar surface area (TPSA) is 31.4 Å². The second-order valence-corrected chi connectivity index (χ2v) is 6.13. The van der Waals surface area contributed by atoms with E-state index in [9.17, 15) is 0 Å². The average Bonchev–Trinajstić information content (AvgIpc) is 2.47. The van der Waals surface area contributed by atoms with Crippen LogP contribution in [0.15, 0.2) is 24.5 Å². The van der Waals surface area contributed by atoms with E-state index in [4.69, 9.17) is 0 Å². The summed E-state index contributed by atoms with van der Waals surface area (Å²) in [7, 11) is 4.28. The maximum absolute atomic E-state index is 4.09. The largest absolute Gasteiger partial charge is 0.371 e. The highest BCUT2D eigenvalue weighted by Gasteiger charge is 2.20. The van der Waals surface area contributed by atoms with Crippen molar-refractivity contribution in [2.24, 2.45) is 0 Å². The van der Waals surface area contributed by atoms with E-state index in [2.05, 4.69) is 53.3 Å². The summed E-state index contributed by atoms with van der Waals surface area (Å²) >= 11 is 0. The second-order valence-electron chi connectivity index (χ2n) is 6.13. The monoisotopic (exact) mass is 276 g/mol. The summed E-state index contributed by atoms with van der Waals surface area (Å²) in [6, 6.07) is 5.49. The Hall–Kier alpha value is -1.13. The molecule has 2 heterocycles. The summed E-state index contributed by atoms with van der Waals surface area (Å²) in [4.78, 5) is 8.80. The Bertz CT molecular complexity index is 371. The van der Waals surface area contributed by atoms with E-state index in [1.165, 1.54) is 24.9 Å². The highest BCUT2D eigenvalue weighted by Crippen LogP contribution is 2.19. The first-order valence-electron chi connectivity index (χ1n) is 7.71. The molecule has 1 atom stereocenters. The highest BCUT2D eigenvalue weighted by molar-refractivity contribution is 5.44. The Morgan fingerprint density at radius 2 is 1.95 bits per heavy atom. The average molecular weight is 276 g/mol. The normalized spacial score (nSPS) is 18.5. The van der Waals surface area contributed by atoms with Crippen LogP contribution in [0, 0.1) is 0 Å². The molecule has 1 N–H and O–H groups in total. The lowest BCUT2D eigenvalue weighted by Gasteiger charge is -2.35. The van der Waals surface area contributed by atoms with Crippen molar-refractivity contribution in [2.75, 3.05) is 38.6 Å². The van der Waals surface area contributed by atoms with Crippen molar-refractivity contribution in [1.82, 2.24) is 15.2 Å². The third-order valence-electron chi connectivity index (χ3n) is 4.05. The van der Waals surface area contributed by atoms with Gasteiger partial charge in [0.05, 0.1) is 0 Å². The van der Waals surface area contributed by atoms with Gasteiger partial charge < -0.3 is 15.1 Å². The number of rotatable bonds is 6. The zero-order valence-corrected chi connectivity index (χ0v) is 13.0. The molecule has 0 aromatic carbocycles. The Kier molecular flexibility index (Phi) is 5.80. The minimum atomic E-state index is 0.606. The van der Waals surface area contributed by atoms with Crippen LogP contribution in [0.1, 0.15) is 26.2 Å². The Labute approximate surface area is 123 Å². The van der Waals surface area contributed by atoms with Crippen molar-refractivity contribution in [3.05, 3.63) is 24.5 Å². The van der Waals surface area contributed by atoms with Gasteiger partial charge in [-0.25, -0.2) is 0 Å². The van der Waals surface area contributed by atoms with Crippen LogP contribution >= 0.6 is 0 Å². The Morgan fingerprint density at radius 1 is 1.30 bits per heavy atom. The lowest BCUT2D eigenvalue weighted by Crippen LogP contribution is -2.46. The van der Waals surface area contributed by atoms with E-state index in [-0.39, 0.29) is 0 Å². The minimum Gasteiger partial charge on any atom is -0.371 e. The van der Waals surface area contributed by atoms with Crippen LogP contribution in [-0.4, -0.2) is 55.7 Å². The molecule has 0 amide bonds. The quantitative estimate of drug-likeness (QED) is 0.861. The lowest BCUT2D eigenvalue weighted by atomic mass is 10.0. The van der Waals surface area contributed by atoms with Gasteiger partial charge in [0.15, 0.2) is 0 Å². The summed E-state index contributed by atoms with van der Waals surface area (Å²) in [5.74, 6) is 0. The van der Waals surface area contributed by atoms with Crippen molar-refractivity contribution in [1.29, 1.82) is 0 Å². The van der Waals surface area contributed by atoms with Gasteiger partial charge in [-0.15, -0.1) is 0 Å². The highest BCUT2D eigenvalue weighted by atomic mass is 15.2. The summed E-state index contributed by atoms with van der Waals surface area (Å²) in [5.41, 5.74) is 1.30. The van der Waals surface area contributed by atoms with E-state index in [0.717, 1.165) is 19.6 Å². The molecule has 0 radical (unpaired) electrons. The number of hydrogen-bond acceptors (Lipinski definition) is 4.